The highest BCUT2D eigenvalue weighted by atomic mass is 19.1. The Morgan fingerprint density at radius 1 is 1.24 bits per heavy atom. The molecule has 6 nitrogen and oxygen atoms in total. The number of halogens is 1. The highest BCUT2D eigenvalue weighted by molar-refractivity contribution is 5.94. The summed E-state index contributed by atoms with van der Waals surface area (Å²) >= 11 is 0. The van der Waals surface area contributed by atoms with E-state index in [1.54, 1.807) is 7.11 Å². The summed E-state index contributed by atoms with van der Waals surface area (Å²) in [7, 11) is 1.55. The van der Waals surface area contributed by atoms with Crippen molar-refractivity contribution in [3.63, 3.8) is 0 Å². The highest BCUT2D eigenvalue weighted by Gasteiger charge is 2.27. The molecule has 0 unspecified atom stereocenters. The van der Waals surface area contributed by atoms with Crippen LogP contribution in [-0.4, -0.2) is 43.3 Å². The Balaban J connectivity index is 1.90. The summed E-state index contributed by atoms with van der Waals surface area (Å²) < 4.78 is 24.0. The largest absolute Gasteiger partial charge is 0.481 e. The number of amides is 1. The first-order chi connectivity index (χ1) is 12.0. The molecule has 2 rings (SSSR count). The van der Waals surface area contributed by atoms with E-state index in [9.17, 15) is 14.0 Å². The second-order valence-electron chi connectivity index (χ2n) is 6.21. The molecule has 0 saturated heterocycles. The minimum atomic E-state index is -0.776. The molecule has 1 fully saturated rings. The molecule has 0 bridgehead atoms. The van der Waals surface area contributed by atoms with E-state index in [1.807, 2.05) is 0 Å². The molecule has 1 amide bonds. The molecule has 1 saturated carbocycles. The van der Waals surface area contributed by atoms with Crippen LogP contribution in [0.4, 0.5) is 4.39 Å². The van der Waals surface area contributed by atoms with Crippen molar-refractivity contribution in [3.8, 4) is 0 Å². The lowest BCUT2D eigenvalue weighted by Gasteiger charge is -2.26. The first-order valence-electron chi connectivity index (χ1n) is 8.40. The average molecular weight is 353 g/mol. The zero-order valence-electron chi connectivity index (χ0n) is 14.3. The number of carbonyl (C=O) groups excluding carboxylic acids is 1. The molecule has 0 atom stereocenters. The van der Waals surface area contributed by atoms with Gasteiger partial charge in [-0.05, 0) is 43.9 Å². The Hall–Kier alpha value is -1.99. The lowest BCUT2D eigenvalue weighted by atomic mass is 9.86. The number of rotatable bonds is 8. The van der Waals surface area contributed by atoms with Gasteiger partial charge in [-0.1, -0.05) is 0 Å². The van der Waals surface area contributed by atoms with E-state index < -0.39 is 11.8 Å². The van der Waals surface area contributed by atoms with E-state index in [0.29, 0.717) is 50.0 Å². The molecular weight excluding hydrogens is 329 g/mol. The Morgan fingerprint density at radius 2 is 1.96 bits per heavy atom. The van der Waals surface area contributed by atoms with Crippen molar-refractivity contribution < 1.29 is 28.6 Å². The SMILES string of the molecule is COCCOCc1cc(C(=O)NC2CCC(C(=O)O)CC2)ccc1F. The van der Waals surface area contributed by atoms with E-state index in [1.165, 1.54) is 18.2 Å². The summed E-state index contributed by atoms with van der Waals surface area (Å²) in [5.74, 6) is -1.80. The Bertz CT molecular complexity index is 599. The number of nitrogens with one attached hydrogen (secondary N) is 1. The van der Waals surface area contributed by atoms with Gasteiger partial charge in [0.1, 0.15) is 5.82 Å². The molecule has 25 heavy (non-hydrogen) atoms. The van der Waals surface area contributed by atoms with Crippen LogP contribution in [-0.2, 0) is 20.9 Å². The topological polar surface area (TPSA) is 84.9 Å². The zero-order chi connectivity index (χ0) is 18.2. The molecule has 0 aromatic heterocycles. The first-order valence-corrected chi connectivity index (χ1v) is 8.40. The maximum absolute atomic E-state index is 13.8. The maximum Gasteiger partial charge on any atom is 0.306 e. The van der Waals surface area contributed by atoms with Gasteiger partial charge in [0.2, 0.25) is 0 Å². The molecule has 0 radical (unpaired) electrons. The van der Waals surface area contributed by atoms with E-state index in [4.69, 9.17) is 14.6 Å². The van der Waals surface area contributed by atoms with Gasteiger partial charge in [-0.25, -0.2) is 4.39 Å². The second kappa shape index (κ2) is 9.48. The molecular formula is C18H24FNO5. The van der Waals surface area contributed by atoms with Gasteiger partial charge >= 0.3 is 5.97 Å². The lowest BCUT2D eigenvalue weighted by molar-refractivity contribution is -0.142. The summed E-state index contributed by atoms with van der Waals surface area (Å²) in [5.41, 5.74) is 0.686. The average Bonchev–Trinajstić information content (AvgIpc) is 2.60. The van der Waals surface area contributed by atoms with Gasteiger partial charge in [-0.2, -0.15) is 0 Å². The molecule has 7 heteroatoms. The van der Waals surface area contributed by atoms with Crippen LogP contribution >= 0.6 is 0 Å². The minimum absolute atomic E-state index is 0.0467. The molecule has 1 aliphatic carbocycles. The minimum Gasteiger partial charge on any atom is -0.481 e. The van der Waals surface area contributed by atoms with Crippen molar-refractivity contribution in [1.82, 2.24) is 5.32 Å². The summed E-state index contributed by atoms with van der Waals surface area (Å²) in [6.45, 7) is 0.833. The van der Waals surface area contributed by atoms with E-state index in [0.717, 1.165) is 0 Å². The van der Waals surface area contributed by atoms with Crippen LogP contribution in [0.5, 0.6) is 0 Å². The van der Waals surface area contributed by atoms with Gasteiger partial charge < -0.3 is 19.9 Å². The molecule has 0 aliphatic heterocycles. The van der Waals surface area contributed by atoms with Crippen molar-refractivity contribution in [2.24, 2.45) is 5.92 Å². The monoisotopic (exact) mass is 353 g/mol. The second-order valence-corrected chi connectivity index (χ2v) is 6.21. The summed E-state index contributed by atoms with van der Waals surface area (Å²) in [4.78, 5) is 23.3. The third kappa shape index (κ3) is 5.79. The van der Waals surface area contributed by atoms with Crippen LogP contribution in [0.25, 0.3) is 0 Å². The number of carboxylic acids is 1. The molecule has 0 heterocycles. The van der Waals surface area contributed by atoms with Crippen LogP contribution < -0.4 is 5.32 Å². The quantitative estimate of drug-likeness (QED) is 0.701. The third-order valence-electron chi connectivity index (χ3n) is 4.41. The predicted molar refractivity (Wildman–Crippen MR) is 88.8 cm³/mol. The van der Waals surface area contributed by atoms with Crippen molar-refractivity contribution in [2.75, 3.05) is 20.3 Å². The Labute approximate surface area is 146 Å². The third-order valence-corrected chi connectivity index (χ3v) is 4.41. The molecule has 1 aromatic carbocycles. The number of carboxylic acid groups (broad SMARTS) is 1. The lowest BCUT2D eigenvalue weighted by Crippen LogP contribution is -2.38. The van der Waals surface area contributed by atoms with Gasteiger partial charge in [-0.3, -0.25) is 9.59 Å². The Kier molecular flexibility index (Phi) is 7.33. The van der Waals surface area contributed by atoms with Crippen molar-refractivity contribution in [2.45, 2.75) is 38.3 Å². The number of methoxy groups -OCH3 is 1. The van der Waals surface area contributed by atoms with Gasteiger partial charge in [-0.15, -0.1) is 0 Å². The number of aliphatic carboxylic acids is 1. The number of hydrogen-bond donors (Lipinski definition) is 2. The van der Waals surface area contributed by atoms with Gasteiger partial charge in [0.05, 0.1) is 25.7 Å². The number of ether oxygens (including phenoxy) is 2. The molecule has 1 aliphatic rings. The van der Waals surface area contributed by atoms with E-state index >= 15 is 0 Å². The zero-order valence-corrected chi connectivity index (χ0v) is 14.3. The van der Waals surface area contributed by atoms with Gasteiger partial charge in [0.15, 0.2) is 0 Å². The van der Waals surface area contributed by atoms with Crippen LogP contribution in [0.2, 0.25) is 0 Å². The van der Waals surface area contributed by atoms with E-state index in [-0.39, 0.29) is 24.5 Å². The number of benzene rings is 1. The van der Waals surface area contributed by atoms with Crippen LogP contribution in [0.3, 0.4) is 0 Å². The van der Waals surface area contributed by atoms with Crippen molar-refractivity contribution in [1.29, 1.82) is 0 Å². The fraction of sp³-hybridized carbons (Fsp3) is 0.556. The van der Waals surface area contributed by atoms with Crippen LogP contribution in [0, 0.1) is 11.7 Å². The number of hydrogen-bond acceptors (Lipinski definition) is 4. The van der Waals surface area contributed by atoms with Crippen LogP contribution in [0.15, 0.2) is 18.2 Å². The standard InChI is InChI=1S/C18H24FNO5/c1-24-8-9-25-11-14-10-13(4-7-16(14)19)17(21)20-15-5-2-12(3-6-15)18(22)23/h4,7,10,12,15H,2-3,5-6,8-9,11H2,1H3,(H,20,21)(H,22,23). The highest BCUT2D eigenvalue weighted by Crippen LogP contribution is 2.24. The summed E-state index contributed by atoms with van der Waals surface area (Å²) in [6.07, 6.45) is 2.39. The summed E-state index contributed by atoms with van der Waals surface area (Å²) in [6, 6.07) is 4.13. The molecule has 1 aromatic rings. The fourth-order valence-corrected chi connectivity index (χ4v) is 2.90. The fourth-order valence-electron chi connectivity index (χ4n) is 2.90. The summed E-state index contributed by atoms with van der Waals surface area (Å²) in [5, 5.41) is 11.9. The number of carbonyl (C=O) groups is 2. The van der Waals surface area contributed by atoms with Crippen molar-refractivity contribution in [3.05, 3.63) is 35.1 Å². The predicted octanol–water partition coefficient (Wildman–Crippen LogP) is 2.36. The molecule has 138 valence electrons. The molecule has 0 spiro atoms. The molecule has 2 N–H and O–H groups in total. The van der Waals surface area contributed by atoms with Crippen LogP contribution in [0.1, 0.15) is 41.6 Å². The smallest absolute Gasteiger partial charge is 0.306 e. The normalized spacial score (nSPS) is 20.2. The van der Waals surface area contributed by atoms with Gasteiger partial charge in [0.25, 0.3) is 5.91 Å². The Morgan fingerprint density at radius 3 is 2.60 bits per heavy atom. The van der Waals surface area contributed by atoms with E-state index in [2.05, 4.69) is 5.32 Å². The first kappa shape index (κ1) is 19.3. The van der Waals surface area contributed by atoms with Crippen molar-refractivity contribution >= 4 is 11.9 Å². The maximum atomic E-state index is 13.8. The van der Waals surface area contributed by atoms with Gasteiger partial charge in [0, 0.05) is 24.3 Å².